The summed E-state index contributed by atoms with van der Waals surface area (Å²) in [5, 5.41) is 8.51. The van der Waals surface area contributed by atoms with Crippen LogP contribution >= 0.6 is 11.9 Å². The Kier molecular flexibility index (Phi) is 7.45. The minimum Gasteiger partial charge on any atom is -0.476 e. The van der Waals surface area contributed by atoms with Crippen LogP contribution in [-0.2, 0) is 7.05 Å². The second-order valence-electron chi connectivity index (χ2n) is 9.87. The number of carbonyl (C=O) groups is 1. The minimum atomic E-state index is -4.30. The lowest BCUT2D eigenvalue weighted by Crippen LogP contribution is -2.40. The molecule has 0 aliphatic carbocycles. The number of aromatic nitrogens is 5. The molecule has 0 spiro atoms. The maximum absolute atomic E-state index is 13.3. The molecule has 0 aromatic carbocycles. The lowest BCUT2D eigenvalue weighted by atomic mass is 9.97. The molecular weight excluding hydrogens is 507 g/mol. The number of anilines is 1. The molecule has 1 atom stereocenters. The van der Waals surface area contributed by atoms with Crippen LogP contribution in [0.5, 0.6) is 5.88 Å². The van der Waals surface area contributed by atoms with Gasteiger partial charge in [-0.1, -0.05) is 6.92 Å². The predicted octanol–water partition coefficient (Wildman–Crippen LogP) is 4.70. The zero-order chi connectivity index (χ0) is 27.0. The van der Waals surface area contributed by atoms with E-state index in [4.69, 9.17) is 9.72 Å². The molecule has 200 valence electrons. The van der Waals surface area contributed by atoms with Gasteiger partial charge in [-0.3, -0.25) is 14.2 Å². The van der Waals surface area contributed by atoms with E-state index in [1.165, 1.54) is 22.7 Å². The normalized spacial score (nSPS) is 17.3. The molecule has 0 bridgehead atoms. The predicted molar refractivity (Wildman–Crippen MR) is 134 cm³/mol. The van der Waals surface area contributed by atoms with Gasteiger partial charge in [-0.2, -0.15) is 18.3 Å². The Morgan fingerprint density at radius 2 is 2.03 bits per heavy atom. The Morgan fingerprint density at radius 3 is 2.65 bits per heavy atom. The summed E-state index contributed by atoms with van der Waals surface area (Å²) in [5.74, 6) is 1.11. The fraction of sp³-hybridized carbons (Fsp3) is 0.500. The maximum atomic E-state index is 13.3. The van der Waals surface area contributed by atoms with Gasteiger partial charge >= 0.3 is 6.18 Å². The summed E-state index contributed by atoms with van der Waals surface area (Å²) < 4.78 is 48.4. The second-order valence-corrected chi connectivity index (χ2v) is 10.7. The molecule has 1 saturated heterocycles. The van der Waals surface area contributed by atoms with Crippen molar-refractivity contribution in [3.05, 3.63) is 41.9 Å². The molecule has 3 aromatic heterocycles. The number of amides is 1. The second kappa shape index (κ2) is 10.3. The number of nitrogens with zero attached hydrogens (tertiary/aromatic N) is 6. The Morgan fingerprint density at radius 1 is 1.27 bits per heavy atom. The zero-order valence-corrected chi connectivity index (χ0v) is 22.2. The van der Waals surface area contributed by atoms with Gasteiger partial charge in [-0.25, -0.2) is 9.67 Å². The van der Waals surface area contributed by atoms with Crippen molar-refractivity contribution in [3.63, 3.8) is 0 Å². The molecule has 13 heteroatoms. The van der Waals surface area contributed by atoms with Gasteiger partial charge < -0.3 is 9.64 Å². The number of pyridine rings is 1. The maximum Gasteiger partial charge on any atom is 0.392 e. The van der Waals surface area contributed by atoms with Crippen LogP contribution in [0.15, 0.2) is 35.5 Å². The summed E-state index contributed by atoms with van der Waals surface area (Å²) in [6.45, 7) is 8.46. The molecule has 1 N–H and O–H groups in total. The number of hydrogen-bond donors (Lipinski definition) is 1. The fourth-order valence-electron chi connectivity index (χ4n) is 4.53. The molecule has 3 aromatic rings. The van der Waals surface area contributed by atoms with Crippen molar-refractivity contribution in [2.75, 3.05) is 18.1 Å². The molecule has 4 rings (SSSR count). The summed E-state index contributed by atoms with van der Waals surface area (Å²) in [5.41, 5.74) is 0.986. The molecular formula is C24H30F3N7O2S. The largest absolute Gasteiger partial charge is 0.476 e. The summed E-state index contributed by atoms with van der Waals surface area (Å²) in [4.78, 5) is 21.1. The Hall–Kier alpha value is -3.22. The van der Waals surface area contributed by atoms with Crippen LogP contribution in [0, 0.1) is 12.8 Å². The number of alkyl halides is 3. The van der Waals surface area contributed by atoms with Gasteiger partial charge in [-0.05, 0) is 57.2 Å². The first kappa shape index (κ1) is 26.8. The number of aryl methyl sites for hydroxylation is 2. The number of carbonyl (C=O) groups excluding carboxylic acids is 1. The lowest BCUT2D eigenvalue weighted by Gasteiger charge is -2.34. The van der Waals surface area contributed by atoms with Crippen LogP contribution in [-0.4, -0.2) is 55.3 Å². The van der Waals surface area contributed by atoms with Crippen molar-refractivity contribution in [3.8, 4) is 11.7 Å². The smallest absolute Gasteiger partial charge is 0.392 e. The molecule has 0 radical (unpaired) electrons. The summed E-state index contributed by atoms with van der Waals surface area (Å²) >= 11 is 1.19. The molecule has 1 aliphatic heterocycles. The van der Waals surface area contributed by atoms with Gasteiger partial charge in [0.2, 0.25) is 5.88 Å². The summed E-state index contributed by atoms with van der Waals surface area (Å²) in [6.07, 6.45) is -1.04. The van der Waals surface area contributed by atoms with Crippen LogP contribution in [0.1, 0.15) is 49.7 Å². The van der Waals surface area contributed by atoms with Crippen molar-refractivity contribution in [2.45, 2.75) is 57.1 Å². The highest BCUT2D eigenvalue weighted by Crippen LogP contribution is 2.38. The first-order valence-electron chi connectivity index (χ1n) is 11.8. The van der Waals surface area contributed by atoms with E-state index in [-0.39, 0.29) is 17.3 Å². The van der Waals surface area contributed by atoms with Gasteiger partial charge in [-0.15, -0.1) is 5.10 Å². The van der Waals surface area contributed by atoms with Crippen molar-refractivity contribution in [1.82, 2.24) is 29.3 Å². The Balaban J connectivity index is 1.60. The number of ether oxygens (including phenoxy) is 1. The van der Waals surface area contributed by atoms with E-state index < -0.39 is 19.2 Å². The number of rotatable bonds is 8. The molecule has 1 aliphatic rings. The first-order chi connectivity index (χ1) is 17.3. The lowest BCUT2D eigenvalue weighted by molar-refractivity contribution is -0.139. The van der Waals surface area contributed by atoms with E-state index in [2.05, 4.69) is 40.6 Å². The van der Waals surface area contributed by atoms with E-state index in [0.717, 1.165) is 23.6 Å². The van der Waals surface area contributed by atoms with Crippen LogP contribution in [0.2, 0.25) is 0 Å². The molecule has 1 fully saturated rings. The van der Waals surface area contributed by atoms with E-state index in [9.17, 15) is 18.0 Å². The molecule has 0 saturated carbocycles. The highest BCUT2D eigenvalue weighted by molar-refractivity contribution is 7.98. The van der Waals surface area contributed by atoms with Crippen molar-refractivity contribution >= 4 is 23.7 Å². The van der Waals surface area contributed by atoms with Crippen molar-refractivity contribution in [1.29, 1.82) is 0 Å². The average Bonchev–Trinajstić information content (AvgIpc) is 3.47. The van der Waals surface area contributed by atoms with Crippen LogP contribution < -0.4 is 14.4 Å². The highest BCUT2D eigenvalue weighted by atomic mass is 32.2. The van der Waals surface area contributed by atoms with Gasteiger partial charge in [0.15, 0.2) is 5.82 Å². The third-order valence-electron chi connectivity index (χ3n) is 6.09. The van der Waals surface area contributed by atoms with Crippen molar-refractivity contribution < 1.29 is 22.7 Å². The van der Waals surface area contributed by atoms with Gasteiger partial charge in [0.1, 0.15) is 5.82 Å². The zero-order valence-electron chi connectivity index (χ0n) is 21.3. The van der Waals surface area contributed by atoms with Gasteiger partial charge in [0.25, 0.3) is 5.91 Å². The average molecular weight is 538 g/mol. The fourth-order valence-corrected chi connectivity index (χ4v) is 5.23. The Bertz CT molecular complexity index is 1270. The third kappa shape index (κ3) is 6.38. The number of halogens is 3. The number of hydrogen-bond acceptors (Lipinski definition) is 7. The quantitative estimate of drug-likeness (QED) is 0.417. The van der Waals surface area contributed by atoms with Crippen LogP contribution in [0.3, 0.4) is 0 Å². The number of nitrogens with one attached hydrogen (secondary N) is 1. The molecule has 1 amide bonds. The highest BCUT2D eigenvalue weighted by Gasteiger charge is 2.39. The topological polar surface area (TPSA) is 90.1 Å². The minimum absolute atomic E-state index is 0.0628. The monoisotopic (exact) mass is 537 g/mol. The van der Waals surface area contributed by atoms with Crippen LogP contribution in [0.25, 0.3) is 5.82 Å². The standard InChI is InChI=1S/C24H30F3N7O2S/c1-15-12-23(3,4)33(13-15)21-17(22(35)31-37-18-14-32(5)29-16(18)2)6-7-19(28-21)34-10-8-20(30-34)36-11-9-24(25,26)27/h6-8,10,14-15H,9,11-13H2,1-5H3,(H,31,35). The summed E-state index contributed by atoms with van der Waals surface area (Å²) in [7, 11) is 1.82. The first-order valence-corrected chi connectivity index (χ1v) is 12.7. The van der Waals surface area contributed by atoms with Gasteiger partial charge in [0.05, 0.1) is 29.2 Å². The SMILES string of the molecule is Cc1nn(C)cc1SNC(=O)c1ccc(-n2ccc(OCCC(F)(F)F)n2)nc1N1CC(C)CC1(C)C. The van der Waals surface area contributed by atoms with E-state index in [0.29, 0.717) is 23.1 Å². The van der Waals surface area contributed by atoms with Crippen LogP contribution in [0.4, 0.5) is 19.0 Å². The third-order valence-corrected chi connectivity index (χ3v) is 7.00. The van der Waals surface area contributed by atoms with Crippen molar-refractivity contribution in [2.24, 2.45) is 13.0 Å². The Labute approximate surface area is 217 Å². The molecule has 1 unspecified atom stereocenters. The molecule has 9 nitrogen and oxygen atoms in total. The molecule has 4 heterocycles. The van der Waals surface area contributed by atoms with E-state index >= 15 is 0 Å². The van der Waals surface area contributed by atoms with Gasteiger partial charge in [0, 0.05) is 37.6 Å². The van der Waals surface area contributed by atoms with E-state index in [1.54, 1.807) is 23.0 Å². The van der Waals surface area contributed by atoms with E-state index in [1.807, 2.05) is 20.2 Å². The summed E-state index contributed by atoms with van der Waals surface area (Å²) in [6, 6.07) is 4.82. The molecule has 37 heavy (non-hydrogen) atoms.